The standard InChI is InChI=1S/C17H16ClN3O2/c1-23-14-10-12(18)9-13-16(11-5-3-2-4-6-11)20-8-7-15(19)21(22)17(13)14/h2-6,9-10,19,22H,7-8H2,1H3. The van der Waals surface area contributed by atoms with Crippen LogP contribution in [0.5, 0.6) is 5.75 Å². The second kappa shape index (κ2) is 6.40. The highest BCUT2D eigenvalue weighted by atomic mass is 35.5. The average molecular weight is 330 g/mol. The number of rotatable bonds is 2. The number of fused-ring (bicyclic) bond motifs is 1. The number of nitrogens with zero attached hydrogens (tertiary/aromatic N) is 2. The molecule has 0 saturated heterocycles. The number of nitrogens with one attached hydrogen (secondary N) is 1. The smallest absolute Gasteiger partial charge is 0.147 e. The van der Waals surface area contributed by atoms with Crippen LogP contribution in [0.15, 0.2) is 47.5 Å². The molecule has 118 valence electrons. The summed E-state index contributed by atoms with van der Waals surface area (Å²) < 4.78 is 5.35. The number of benzene rings is 2. The Bertz CT molecular complexity index is 775. The van der Waals surface area contributed by atoms with Crippen molar-refractivity contribution in [1.29, 1.82) is 5.41 Å². The second-order valence-corrected chi connectivity index (χ2v) is 5.55. The number of halogens is 1. The van der Waals surface area contributed by atoms with Gasteiger partial charge in [-0.25, -0.2) is 5.06 Å². The fourth-order valence-corrected chi connectivity index (χ4v) is 2.78. The van der Waals surface area contributed by atoms with Crippen LogP contribution in [-0.2, 0) is 0 Å². The van der Waals surface area contributed by atoms with Gasteiger partial charge >= 0.3 is 0 Å². The third-order valence-corrected chi connectivity index (χ3v) is 3.87. The van der Waals surface area contributed by atoms with Crippen molar-refractivity contribution in [3.8, 4) is 5.75 Å². The third-order valence-electron chi connectivity index (χ3n) is 3.65. The first-order valence-corrected chi connectivity index (χ1v) is 7.54. The van der Waals surface area contributed by atoms with Crippen molar-refractivity contribution >= 4 is 28.8 Å². The summed E-state index contributed by atoms with van der Waals surface area (Å²) in [6.45, 7) is 0.411. The minimum atomic E-state index is 0.0581. The van der Waals surface area contributed by atoms with Gasteiger partial charge in [0.2, 0.25) is 0 Å². The Kier molecular flexibility index (Phi) is 4.32. The van der Waals surface area contributed by atoms with Crippen LogP contribution in [0.3, 0.4) is 0 Å². The van der Waals surface area contributed by atoms with E-state index in [2.05, 4.69) is 4.99 Å². The zero-order chi connectivity index (χ0) is 16.4. The number of methoxy groups -OCH3 is 1. The summed E-state index contributed by atoms with van der Waals surface area (Å²) in [4.78, 5) is 4.62. The lowest BCUT2D eigenvalue weighted by molar-refractivity contribution is 0.302. The summed E-state index contributed by atoms with van der Waals surface area (Å²) in [6, 6.07) is 13.0. The van der Waals surface area contributed by atoms with E-state index in [1.54, 1.807) is 12.1 Å². The first-order chi connectivity index (χ1) is 11.1. The minimum absolute atomic E-state index is 0.0581. The summed E-state index contributed by atoms with van der Waals surface area (Å²) in [5.74, 6) is 0.452. The Morgan fingerprint density at radius 2 is 2.00 bits per heavy atom. The van der Waals surface area contributed by atoms with Crippen molar-refractivity contribution in [3.05, 3.63) is 58.6 Å². The molecular weight excluding hydrogens is 314 g/mol. The molecule has 3 rings (SSSR count). The molecule has 2 aromatic carbocycles. The number of amidine groups is 1. The highest BCUT2D eigenvalue weighted by Crippen LogP contribution is 2.37. The molecule has 6 heteroatoms. The summed E-state index contributed by atoms with van der Waals surface area (Å²) >= 11 is 6.20. The number of ether oxygens (including phenoxy) is 1. The number of hydrogen-bond donors (Lipinski definition) is 2. The molecule has 0 bridgehead atoms. The van der Waals surface area contributed by atoms with Gasteiger partial charge in [0.1, 0.15) is 17.3 Å². The molecule has 0 fully saturated rings. The van der Waals surface area contributed by atoms with Gasteiger partial charge in [0.05, 0.1) is 12.8 Å². The van der Waals surface area contributed by atoms with Crippen molar-refractivity contribution in [2.75, 3.05) is 18.7 Å². The molecule has 1 aliphatic heterocycles. The van der Waals surface area contributed by atoms with Gasteiger partial charge < -0.3 is 4.74 Å². The van der Waals surface area contributed by atoms with Crippen molar-refractivity contribution in [1.82, 2.24) is 0 Å². The molecule has 0 atom stereocenters. The SMILES string of the molecule is COc1cc(Cl)cc2c1N(O)C(=N)CCN=C2c1ccccc1. The summed E-state index contributed by atoms with van der Waals surface area (Å²) in [6.07, 6.45) is 0.331. The van der Waals surface area contributed by atoms with Gasteiger partial charge in [-0.15, -0.1) is 0 Å². The Morgan fingerprint density at radius 1 is 1.26 bits per heavy atom. The van der Waals surface area contributed by atoms with Crippen LogP contribution >= 0.6 is 11.6 Å². The molecule has 2 N–H and O–H groups in total. The van der Waals surface area contributed by atoms with Gasteiger partial charge in [-0.1, -0.05) is 41.9 Å². The molecule has 0 unspecified atom stereocenters. The second-order valence-electron chi connectivity index (χ2n) is 5.11. The Labute approximate surface area is 139 Å². The maximum absolute atomic E-state index is 10.4. The first kappa shape index (κ1) is 15.5. The van der Waals surface area contributed by atoms with Crippen molar-refractivity contribution in [2.24, 2.45) is 4.99 Å². The third kappa shape index (κ3) is 2.93. The Hall–Kier alpha value is -2.37. The van der Waals surface area contributed by atoms with Crippen LogP contribution in [0, 0.1) is 5.41 Å². The molecule has 0 radical (unpaired) electrons. The van der Waals surface area contributed by atoms with Crippen LogP contribution in [-0.4, -0.2) is 30.4 Å². The van der Waals surface area contributed by atoms with Crippen molar-refractivity contribution in [2.45, 2.75) is 6.42 Å². The molecule has 0 aromatic heterocycles. The Balaban J connectivity index is 2.29. The van der Waals surface area contributed by atoms with Crippen molar-refractivity contribution in [3.63, 3.8) is 0 Å². The zero-order valence-corrected chi connectivity index (χ0v) is 13.3. The lowest BCUT2D eigenvalue weighted by atomic mass is 9.98. The van der Waals surface area contributed by atoms with E-state index in [4.69, 9.17) is 21.7 Å². The molecule has 0 spiro atoms. The number of hydrogen-bond acceptors (Lipinski definition) is 4. The highest BCUT2D eigenvalue weighted by molar-refractivity contribution is 6.32. The number of hydroxylamine groups is 1. The van der Waals surface area contributed by atoms with Crippen molar-refractivity contribution < 1.29 is 9.94 Å². The lowest BCUT2D eigenvalue weighted by Gasteiger charge is -2.26. The van der Waals surface area contributed by atoms with Gasteiger partial charge in [0.15, 0.2) is 0 Å². The van der Waals surface area contributed by atoms with E-state index in [-0.39, 0.29) is 5.84 Å². The maximum atomic E-state index is 10.4. The van der Waals surface area contributed by atoms with Gasteiger partial charge in [0.25, 0.3) is 0 Å². The quantitative estimate of drug-likeness (QED) is 0.881. The van der Waals surface area contributed by atoms with E-state index < -0.39 is 0 Å². The molecule has 1 aliphatic rings. The largest absolute Gasteiger partial charge is 0.494 e. The van der Waals surface area contributed by atoms with E-state index in [0.717, 1.165) is 10.6 Å². The highest BCUT2D eigenvalue weighted by Gasteiger charge is 2.25. The fourth-order valence-electron chi connectivity index (χ4n) is 2.57. The topological polar surface area (TPSA) is 68.9 Å². The van der Waals surface area contributed by atoms with E-state index in [1.165, 1.54) is 7.11 Å². The molecular formula is C17H16ClN3O2. The predicted molar refractivity (Wildman–Crippen MR) is 91.6 cm³/mol. The Morgan fingerprint density at radius 3 is 2.70 bits per heavy atom. The van der Waals surface area contributed by atoms with E-state index in [1.807, 2.05) is 30.3 Å². The minimum Gasteiger partial charge on any atom is -0.494 e. The van der Waals surface area contributed by atoms with Gasteiger partial charge in [-0.3, -0.25) is 15.6 Å². The lowest BCUT2D eigenvalue weighted by Crippen LogP contribution is -2.30. The number of aliphatic imine (C=N–C) groups is 1. The van der Waals surface area contributed by atoms with Gasteiger partial charge in [0, 0.05) is 35.2 Å². The molecule has 5 nitrogen and oxygen atoms in total. The maximum Gasteiger partial charge on any atom is 0.147 e. The molecule has 0 aliphatic carbocycles. The summed E-state index contributed by atoms with van der Waals surface area (Å²) in [5, 5.41) is 19.7. The van der Waals surface area contributed by atoms with Crippen LogP contribution in [0.4, 0.5) is 5.69 Å². The first-order valence-electron chi connectivity index (χ1n) is 7.16. The molecule has 2 aromatic rings. The molecule has 0 amide bonds. The van der Waals surface area contributed by atoms with Gasteiger partial charge in [-0.2, -0.15) is 0 Å². The van der Waals surface area contributed by atoms with Crippen LogP contribution < -0.4 is 9.80 Å². The number of anilines is 1. The normalized spacial score (nSPS) is 14.7. The monoisotopic (exact) mass is 329 g/mol. The average Bonchev–Trinajstić information content (AvgIpc) is 2.57. The van der Waals surface area contributed by atoms with E-state index in [9.17, 15) is 5.21 Å². The molecule has 0 saturated carbocycles. The van der Waals surface area contributed by atoms with E-state index >= 15 is 0 Å². The fraction of sp³-hybridized carbons (Fsp3) is 0.176. The predicted octanol–water partition coefficient (Wildman–Crippen LogP) is 3.76. The van der Waals surface area contributed by atoms with Crippen LogP contribution in [0.1, 0.15) is 17.5 Å². The summed E-state index contributed by atoms with van der Waals surface area (Å²) in [7, 11) is 1.50. The molecule has 1 heterocycles. The van der Waals surface area contributed by atoms with Gasteiger partial charge in [-0.05, 0) is 6.07 Å². The van der Waals surface area contributed by atoms with E-state index in [0.29, 0.717) is 40.7 Å². The van der Waals surface area contributed by atoms with Crippen LogP contribution in [0.25, 0.3) is 0 Å². The summed E-state index contributed by atoms with van der Waals surface area (Å²) in [5.41, 5.74) is 2.64. The molecule has 23 heavy (non-hydrogen) atoms. The zero-order valence-electron chi connectivity index (χ0n) is 12.6. The van der Waals surface area contributed by atoms with Crippen LogP contribution in [0.2, 0.25) is 5.02 Å².